The van der Waals surface area contributed by atoms with Gasteiger partial charge in [0.25, 0.3) is 5.91 Å². The van der Waals surface area contributed by atoms with Gasteiger partial charge < -0.3 is 5.32 Å². The minimum atomic E-state index is 0.0654. The first kappa shape index (κ1) is 13.6. The van der Waals surface area contributed by atoms with Gasteiger partial charge in [0.1, 0.15) is 0 Å². The van der Waals surface area contributed by atoms with E-state index in [1.807, 2.05) is 24.3 Å². The summed E-state index contributed by atoms with van der Waals surface area (Å²) in [5.41, 5.74) is 1.95. The highest BCUT2D eigenvalue weighted by Crippen LogP contribution is 2.23. The van der Waals surface area contributed by atoms with Gasteiger partial charge >= 0.3 is 0 Å². The van der Waals surface area contributed by atoms with Crippen molar-refractivity contribution in [3.05, 3.63) is 35.4 Å². The van der Waals surface area contributed by atoms with Crippen LogP contribution in [0.3, 0.4) is 0 Å². The molecule has 1 saturated carbocycles. The number of carbonyl (C=O) groups excluding carboxylic acids is 1. The zero-order chi connectivity index (χ0) is 13.0. The van der Waals surface area contributed by atoms with E-state index in [9.17, 15) is 4.79 Å². The lowest BCUT2D eigenvalue weighted by molar-refractivity contribution is 0.0923. The standard InChI is InChI=1S/C15H20BrNO/c1-11-2-8-14(9-3-11)17-15(18)13-6-4-12(10-16)5-7-13/h4-7,11,14H,2-3,8-10H2,1H3,(H,17,18). The minimum absolute atomic E-state index is 0.0654. The number of alkyl halides is 1. The molecular formula is C15H20BrNO. The summed E-state index contributed by atoms with van der Waals surface area (Å²) in [6.07, 6.45) is 4.69. The molecule has 1 aromatic rings. The highest BCUT2D eigenvalue weighted by atomic mass is 79.9. The Morgan fingerprint density at radius 1 is 1.22 bits per heavy atom. The molecule has 98 valence electrons. The maximum atomic E-state index is 12.1. The second-order valence-corrected chi connectivity index (χ2v) is 5.82. The molecule has 0 bridgehead atoms. The molecule has 1 aliphatic carbocycles. The molecule has 3 heteroatoms. The molecule has 1 fully saturated rings. The highest BCUT2D eigenvalue weighted by molar-refractivity contribution is 9.08. The number of benzene rings is 1. The first-order chi connectivity index (χ1) is 8.69. The molecule has 2 rings (SSSR count). The maximum absolute atomic E-state index is 12.1. The minimum Gasteiger partial charge on any atom is -0.349 e. The molecule has 1 aliphatic rings. The van der Waals surface area contributed by atoms with Gasteiger partial charge in [0, 0.05) is 16.9 Å². The van der Waals surface area contributed by atoms with Crippen LogP contribution >= 0.6 is 15.9 Å². The van der Waals surface area contributed by atoms with E-state index in [4.69, 9.17) is 0 Å². The number of nitrogens with one attached hydrogen (secondary N) is 1. The van der Waals surface area contributed by atoms with Gasteiger partial charge in [0.05, 0.1) is 0 Å². The second kappa shape index (κ2) is 6.37. The largest absolute Gasteiger partial charge is 0.349 e. The van der Waals surface area contributed by atoms with Crippen LogP contribution in [0, 0.1) is 5.92 Å². The molecule has 2 nitrogen and oxygen atoms in total. The molecular weight excluding hydrogens is 290 g/mol. The molecule has 0 aromatic heterocycles. The van der Waals surface area contributed by atoms with E-state index < -0.39 is 0 Å². The van der Waals surface area contributed by atoms with Crippen molar-refractivity contribution in [3.63, 3.8) is 0 Å². The maximum Gasteiger partial charge on any atom is 0.251 e. The SMILES string of the molecule is CC1CCC(NC(=O)c2ccc(CBr)cc2)CC1. The summed E-state index contributed by atoms with van der Waals surface area (Å²) in [5.74, 6) is 0.882. The van der Waals surface area contributed by atoms with E-state index in [0.717, 1.165) is 29.7 Å². The van der Waals surface area contributed by atoms with E-state index in [-0.39, 0.29) is 5.91 Å². The smallest absolute Gasteiger partial charge is 0.251 e. The third-order valence-electron chi connectivity index (χ3n) is 3.72. The van der Waals surface area contributed by atoms with Gasteiger partial charge in [-0.2, -0.15) is 0 Å². The molecule has 0 heterocycles. The number of carbonyl (C=O) groups is 1. The first-order valence-corrected chi connectivity index (χ1v) is 7.77. The third kappa shape index (κ3) is 3.58. The van der Waals surface area contributed by atoms with Crippen molar-refractivity contribution >= 4 is 21.8 Å². The van der Waals surface area contributed by atoms with Crippen molar-refractivity contribution in [1.29, 1.82) is 0 Å². The molecule has 0 unspecified atom stereocenters. The van der Waals surface area contributed by atoms with Gasteiger partial charge in [-0.3, -0.25) is 4.79 Å². The van der Waals surface area contributed by atoms with Crippen molar-refractivity contribution in [1.82, 2.24) is 5.32 Å². The monoisotopic (exact) mass is 309 g/mol. The van der Waals surface area contributed by atoms with Crippen molar-refractivity contribution in [3.8, 4) is 0 Å². The van der Waals surface area contributed by atoms with Crippen molar-refractivity contribution in [2.24, 2.45) is 5.92 Å². The Morgan fingerprint density at radius 2 is 1.83 bits per heavy atom. The Morgan fingerprint density at radius 3 is 2.39 bits per heavy atom. The van der Waals surface area contributed by atoms with Crippen LogP contribution in [-0.4, -0.2) is 11.9 Å². The van der Waals surface area contributed by atoms with Gasteiger partial charge in [0.2, 0.25) is 0 Å². The number of rotatable bonds is 3. The molecule has 1 amide bonds. The first-order valence-electron chi connectivity index (χ1n) is 6.65. The van der Waals surface area contributed by atoms with Gasteiger partial charge in [-0.15, -0.1) is 0 Å². The average molecular weight is 310 g/mol. The summed E-state index contributed by atoms with van der Waals surface area (Å²) in [5, 5.41) is 3.97. The molecule has 18 heavy (non-hydrogen) atoms. The Balaban J connectivity index is 1.90. The van der Waals surface area contributed by atoms with Crippen LogP contribution in [0.5, 0.6) is 0 Å². The summed E-state index contributed by atoms with van der Waals surface area (Å²) in [4.78, 5) is 12.1. The summed E-state index contributed by atoms with van der Waals surface area (Å²) < 4.78 is 0. The molecule has 1 N–H and O–H groups in total. The predicted octanol–water partition coefficient (Wildman–Crippen LogP) is 3.89. The lowest BCUT2D eigenvalue weighted by atomic mass is 9.87. The van der Waals surface area contributed by atoms with Crippen LogP contribution in [-0.2, 0) is 5.33 Å². The molecule has 1 aromatic carbocycles. The lowest BCUT2D eigenvalue weighted by Gasteiger charge is -2.26. The number of hydrogen-bond acceptors (Lipinski definition) is 1. The molecule has 0 saturated heterocycles. The van der Waals surface area contributed by atoms with Crippen LogP contribution in [0.2, 0.25) is 0 Å². The van der Waals surface area contributed by atoms with E-state index in [1.54, 1.807) is 0 Å². The van der Waals surface area contributed by atoms with Gasteiger partial charge in [-0.1, -0.05) is 35.0 Å². The van der Waals surface area contributed by atoms with Crippen LogP contribution in [0.1, 0.15) is 48.5 Å². The Labute approximate surface area is 117 Å². The normalized spacial score (nSPS) is 23.7. The van der Waals surface area contributed by atoms with Crippen molar-refractivity contribution in [2.75, 3.05) is 0 Å². The Bertz CT molecular complexity index is 393. The highest BCUT2D eigenvalue weighted by Gasteiger charge is 2.20. The van der Waals surface area contributed by atoms with Gasteiger partial charge in [0.15, 0.2) is 0 Å². The zero-order valence-corrected chi connectivity index (χ0v) is 12.4. The molecule has 0 spiro atoms. The van der Waals surface area contributed by atoms with Crippen molar-refractivity contribution < 1.29 is 4.79 Å². The number of amides is 1. The molecule has 0 atom stereocenters. The van der Waals surface area contributed by atoms with Crippen LogP contribution < -0.4 is 5.32 Å². The van der Waals surface area contributed by atoms with Crippen LogP contribution in [0.4, 0.5) is 0 Å². The fourth-order valence-electron chi connectivity index (χ4n) is 2.42. The predicted molar refractivity (Wildman–Crippen MR) is 78.0 cm³/mol. The van der Waals surface area contributed by atoms with Crippen LogP contribution in [0.15, 0.2) is 24.3 Å². The fourth-order valence-corrected chi connectivity index (χ4v) is 2.79. The Kier molecular flexibility index (Phi) is 4.81. The van der Waals surface area contributed by atoms with Crippen LogP contribution in [0.25, 0.3) is 0 Å². The molecule has 0 radical (unpaired) electrons. The third-order valence-corrected chi connectivity index (χ3v) is 4.37. The fraction of sp³-hybridized carbons (Fsp3) is 0.533. The van der Waals surface area contributed by atoms with E-state index in [1.165, 1.54) is 18.4 Å². The average Bonchev–Trinajstić information content (AvgIpc) is 2.41. The van der Waals surface area contributed by atoms with E-state index in [2.05, 4.69) is 28.2 Å². The quantitative estimate of drug-likeness (QED) is 0.843. The lowest BCUT2D eigenvalue weighted by Crippen LogP contribution is -2.37. The summed E-state index contributed by atoms with van der Waals surface area (Å²) in [6, 6.07) is 8.15. The van der Waals surface area contributed by atoms with E-state index >= 15 is 0 Å². The van der Waals surface area contributed by atoms with Gasteiger partial charge in [-0.25, -0.2) is 0 Å². The Hall–Kier alpha value is -0.830. The summed E-state index contributed by atoms with van der Waals surface area (Å²) in [6.45, 7) is 2.29. The zero-order valence-electron chi connectivity index (χ0n) is 10.8. The summed E-state index contributed by atoms with van der Waals surface area (Å²) >= 11 is 3.40. The molecule has 0 aliphatic heterocycles. The number of hydrogen-bond donors (Lipinski definition) is 1. The van der Waals surface area contributed by atoms with E-state index in [0.29, 0.717) is 6.04 Å². The second-order valence-electron chi connectivity index (χ2n) is 5.26. The van der Waals surface area contributed by atoms with Gasteiger partial charge in [-0.05, 0) is 49.3 Å². The van der Waals surface area contributed by atoms with Crippen molar-refractivity contribution in [2.45, 2.75) is 44.0 Å². The topological polar surface area (TPSA) is 29.1 Å². The summed E-state index contributed by atoms with van der Waals surface area (Å²) in [7, 11) is 0. The number of halogens is 1.